The second-order valence-electron chi connectivity index (χ2n) is 7.38. The number of pyridine rings is 4. The molecule has 0 aliphatic rings. The van der Waals surface area contributed by atoms with Gasteiger partial charge < -0.3 is 22.1 Å². The predicted molar refractivity (Wildman–Crippen MR) is 127 cm³/mol. The Morgan fingerprint density at radius 1 is 1.00 bits per heavy atom. The summed E-state index contributed by atoms with van der Waals surface area (Å²) in [4.78, 5) is 41.3. The lowest BCUT2D eigenvalue weighted by Crippen LogP contribution is -2.29. The molecule has 6 N–H and O–H groups in total. The molecule has 168 valence electrons. The van der Waals surface area contributed by atoms with E-state index in [-0.39, 0.29) is 23.9 Å². The topological polar surface area (TPSA) is 186 Å². The standard InChI is InChI=1S/C23H19N9O2/c1-12-15(9-27-11-17(12)25)18-6-14-7-20(29-10-16(14)21(26)30-18)32-23(34)22(33)31-19-3-2-13(4-5-24)8-28-19/h2-3,6-11H,4,25H2,1H3,(H2,26,30)(H,28,31,33)(H,29,32,34). The molecule has 11 nitrogen and oxygen atoms in total. The van der Waals surface area contributed by atoms with Crippen LogP contribution >= 0.6 is 0 Å². The maximum atomic E-state index is 12.4. The zero-order chi connectivity index (χ0) is 24.2. The van der Waals surface area contributed by atoms with Gasteiger partial charge in [-0.25, -0.2) is 15.0 Å². The lowest BCUT2D eigenvalue weighted by atomic mass is 10.0. The molecule has 0 saturated carbocycles. The molecule has 4 aromatic heterocycles. The largest absolute Gasteiger partial charge is 0.397 e. The fourth-order valence-electron chi connectivity index (χ4n) is 3.22. The maximum Gasteiger partial charge on any atom is 0.315 e. The molecule has 0 bridgehead atoms. The second-order valence-corrected chi connectivity index (χ2v) is 7.38. The van der Waals surface area contributed by atoms with Crippen LogP contribution in [0.2, 0.25) is 0 Å². The van der Waals surface area contributed by atoms with Crippen molar-refractivity contribution in [3.05, 3.63) is 60.2 Å². The van der Waals surface area contributed by atoms with Crippen molar-refractivity contribution in [2.24, 2.45) is 0 Å². The number of rotatable bonds is 4. The fourth-order valence-corrected chi connectivity index (χ4v) is 3.22. The maximum absolute atomic E-state index is 12.4. The van der Waals surface area contributed by atoms with Crippen LogP contribution in [0, 0.1) is 18.3 Å². The summed E-state index contributed by atoms with van der Waals surface area (Å²) in [5, 5.41) is 14.8. The molecule has 0 spiro atoms. The van der Waals surface area contributed by atoms with E-state index in [1.807, 2.05) is 13.0 Å². The van der Waals surface area contributed by atoms with Gasteiger partial charge in [0.15, 0.2) is 0 Å². The van der Waals surface area contributed by atoms with E-state index in [9.17, 15) is 9.59 Å². The highest BCUT2D eigenvalue weighted by Crippen LogP contribution is 2.30. The predicted octanol–water partition coefficient (Wildman–Crippen LogP) is 2.20. The van der Waals surface area contributed by atoms with Crippen LogP contribution < -0.4 is 22.1 Å². The van der Waals surface area contributed by atoms with Crippen LogP contribution in [0.5, 0.6) is 0 Å². The molecule has 0 atom stereocenters. The van der Waals surface area contributed by atoms with Gasteiger partial charge in [0, 0.05) is 29.5 Å². The Hall–Kier alpha value is -5.11. The number of nitriles is 1. The van der Waals surface area contributed by atoms with Crippen LogP contribution in [0.3, 0.4) is 0 Å². The number of anilines is 4. The van der Waals surface area contributed by atoms with Crippen LogP contribution in [0.25, 0.3) is 22.0 Å². The first-order valence-electron chi connectivity index (χ1n) is 10.1. The molecule has 34 heavy (non-hydrogen) atoms. The van der Waals surface area contributed by atoms with Gasteiger partial charge >= 0.3 is 11.8 Å². The molecule has 2 amide bonds. The van der Waals surface area contributed by atoms with Crippen molar-refractivity contribution in [2.45, 2.75) is 13.3 Å². The SMILES string of the molecule is Cc1c(N)cncc1-c1cc2cc(NC(=O)C(=O)Nc3ccc(CC#N)cn3)ncc2c(N)n1. The lowest BCUT2D eigenvalue weighted by Gasteiger charge is -2.11. The molecule has 11 heteroatoms. The van der Waals surface area contributed by atoms with Crippen molar-refractivity contribution >= 4 is 45.7 Å². The van der Waals surface area contributed by atoms with E-state index in [4.69, 9.17) is 16.7 Å². The van der Waals surface area contributed by atoms with Crippen LogP contribution in [0.1, 0.15) is 11.1 Å². The van der Waals surface area contributed by atoms with E-state index in [1.54, 1.807) is 30.6 Å². The molecule has 4 rings (SSSR count). The third-order valence-corrected chi connectivity index (χ3v) is 5.07. The molecular weight excluding hydrogens is 434 g/mol. The average molecular weight is 453 g/mol. The highest BCUT2D eigenvalue weighted by molar-refractivity contribution is 6.43. The molecule has 0 aromatic carbocycles. The van der Waals surface area contributed by atoms with E-state index in [1.165, 1.54) is 18.5 Å². The number of carbonyl (C=O) groups is 2. The van der Waals surface area contributed by atoms with Gasteiger partial charge in [0.25, 0.3) is 0 Å². The fraction of sp³-hybridized carbons (Fsp3) is 0.0870. The van der Waals surface area contributed by atoms with E-state index in [2.05, 4.69) is 30.6 Å². The number of hydrogen-bond donors (Lipinski definition) is 4. The zero-order valence-corrected chi connectivity index (χ0v) is 18.0. The molecule has 4 aromatic rings. The van der Waals surface area contributed by atoms with E-state index in [0.717, 1.165) is 11.1 Å². The van der Waals surface area contributed by atoms with Gasteiger partial charge in [0.2, 0.25) is 0 Å². The van der Waals surface area contributed by atoms with Gasteiger partial charge in [-0.1, -0.05) is 6.07 Å². The summed E-state index contributed by atoms with van der Waals surface area (Å²) in [5.41, 5.74) is 15.4. The highest BCUT2D eigenvalue weighted by Gasteiger charge is 2.16. The molecule has 4 heterocycles. The van der Waals surface area contributed by atoms with Crippen molar-refractivity contribution in [3.8, 4) is 17.3 Å². The first-order chi connectivity index (χ1) is 16.4. The first kappa shape index (κ1) is 22.1. The third kappa shape index (κ3) is 4.56. The number of aromatic nitrogens is 4. The minimum absolute atomic E-state index is 0.156. The van der Waals surface area contributed by atoms with Gasteiger partial charge in [-0.15, -0.1) is 0 Å². The zero-order valence-electron chi connectivity index (χ0n) is 18.0. The Kier molecular flexibility index (Phi) is 5.96. The van der Waals surface area contributed by atoms with E-state index in [0.29, 0.717) is 27.7 Å². The number of amides is 2. The van der Waals surface area contributed by atoms with Crippen LogP contribution in [-0.2, 0) is 16.0 Å². The van der Waals surface area contributed by atoms with Gasteiger partial charge in [-0.05, 0) is 41.6 Å². The Bertz CT molecular complexity index is 1460. The number of nitrogens with two attached hydrogens (primary N) is 2. The molecule has 0 aliphatic heterocycles. The molecule has 0 radical (unpaired) electrons. The Labute approximate surface area is 193 Å². The summed E-state index contributed by atoms with van der Waals surface area (Å²) in [5.74, 6) is -1.25. The molecule has 0 fully saturated rings. The van der Waals surface area contributed by atoms with Crippen LogP contribution in [0.15, 0.2) is 49.1 Å². The van der Waals surface area contributed by atoms with Gasteiger partial charge in [-0.3, -0.25) is 14.6 Å². The molecule has 0 unspecified atom stereocenters. The second kappa shape index (κ2) is 9.17. The number of hydrogen-bond acceptors (Lipinski definition) is 9. The smallest absolute Gasteiger partial charge is 0.315 e. The lowest BCUT2D eigenvalue weighted by molar-refractivity contribution is -0.133. The summed E-state index contributed by atoms with van der Waals surface area (Å²) < 4.78 is 0. The molecular formula is C23H19N9O2. The summed E-state index contributed by atoms with van der Waals surface area (Å²) in [6, 6.07) is 8.52. The number of nitrogens with one attached hydrogen (secondary N) is 2. The third-order valence-electron chi connectivity index (χ3n) is 5.07. The summed E-state index contributed by atoms with van der Waals surface area (Å²) in [6.07, 6.45) is 6.32. The number of nitrogens with zero attached hydrogens (tertiary/aromatic N) is 5. The first-order valence-corrected chi connectivity index (χ1v) is 10.1. The van der Waals surface area contributed by atoms with Gasteiger partial charge in [0.1, 0.15) is 17.5 Å². The normalized spacial score (nSPS) is 10.5. The summed E-state index contributed by atoms with van der Waals surface area (Å²) in [7, 11) is 0. The van der Waals surface area contributed by atoms with E-state index < -0.39 is 11.8 Å². The van der Waals surface area contributed by atoms with Crippen LogP contribution in [0.4, 0.5) is 23.1 Å². The Balaban J connectivity index is 1.55. The number of fused-ring (bicyclic) bond motifs is 1. The van der Waals surface area contributed by atoms with Crippen molar-refractivity contribution in [1.29, 1.82) is 5.26 Å². The average Bonchev–Trinajstić information content (AvgIpc) is 2.82. The van der Waals surface area contributed by atoms with Crippen molar-refractivity contribution in [3.63, 3.8) is 0 Å². The number of carbonyl (C=O) groups excluding carboxylic acids is 2. The molecule has 0 saturated heterocycles. The quantitative estimate of drug-likeness (QED) is 0.336. The van der Waals surface area contributed by atoms with Crippen molar-refractivity contribution in [2.75, 3.05) is 22.1 Å². The number of nitrogen functional groups attached to an aromatic ring is 2. The summed E-state index contributed by atoms with van der Waals surface area (Å²) >= 11 is 0. The van der Waals surface area contributed by atoms with Crippen molar-refractivity contribution in [1.82, 2.24) is 19.9 Å². The minimum Gasteiger partial charge on any atom is -0.397 e. The monoisotopic (exact) mass is 453 g/mol. The Morgan fingerprint density at radius 2 is 1.74 bits per heavy atom. The van der Waals surface area contributed by atoms with Gasteiger partial charge in [-0.2, -0.15) is 5.26 Å². The van der Waals surface area contributed by atoms with Gasteiger partial charge in [0.05, 0.1) is 30.1 Å². The highest BCUT2D eigenvalue weighted by atomic mass is 16.2. The Morgan fingerprint density at radius 3 is 2.44 bits per heavy atom. The van der Waals surface area contributed by atoms with E-state index >= 15 is 0 Å². The summed E-state index contributed by atoms with van der Waals surface area (Å²) in [6.45, 7) is 1.86. The van der Waals surface area contributed by atoms with Crippen molar-refractivity contribution < 1.29 is 9.59 Å². The molecule has 0 aliphatic carbocycles. The minimum atomic E-state index is -0.923. The van der Waals surface area contributed by atoms with Crippen LogP contribution in [-0.4, -0.2) is 31.8 Å².